The van der Waals surface area contributed by atoms with E-state index in [0.717, 1.165) is 24.8 Å². The van der Waals surface area contributed by atoms with Gasteiger partial charge in [-0.1, -0.05) is 13.3 Å². The van der Waals surface area contributed by atoms with Crippen LogP contribution in [0.5, 0.6) is 0 Å². The topological polar surface area (TPSA) is 63.3 Å². The third kappa shape index (κ3) is 2.68. The average molecular weight is 211 g/mol. The zero-order chi connectivity index (χ0) is 11.4. The average Bonchev–Trinajstić information content (AvgIpc) is 2.12. The Labute approximate surface area is 87.7 Å². The molecule has 0 amide bonds. The van der Waals surface area contributed by atoms with Crippen LogP contribution >= 0.6 is 0 Å². The zero-order valence-electron chi connectivity index (χ0n) is 8.59. The van der Waals surface area contributed by atoms with E-state index >= 15 is 0 Å². The van der Waals surface area contributed by atoms with Crippen molar-refractivity contribution in [2.75, 3.05) is 5.73 Å². The number of hydrogen-bond acceptors (Lipinski definition) is 2. The van der Waals surface area contributed by atoms with Crippen LogP contribution in [0.15, 0.2) is 12.1 Å². The van der Waals surface area contributed by atoms with E-state index in [1.165, 1.54) is 12.1 Å². The second-order valence-corrected chi connectivity index (χ2v) is 3.45. The van der Waals surface area contributed by atoms with Gasteiger partial charge in [0.25, 0.3) is 0 Å². The summed E-state index contributed by atoms with van der Waals surface area (Å²) in [6, 6.07) is 2.78. The lowest BCUT2D eigenvalue weighted by molar-refractivity contribution is 0.0693. The fourth-order valence-corrected chi connectivity index (χ4v) is 1.44. The number of nitrogens with two attached hydrogens (primary N) is 1. The first-order valence-corrected chi connectivity index (χ1v) is 4.87. The summed E-state index contributed by atoms with van der Waals surface area (Å²) in [6.45, 7) is 2.03. The Morgan fingerprint density at radius 1 is 1.53 bits per heavy atom. The molecule has 3 nitrogen and oxygen atoms in total. The molecule has 15 heavy (non-hydrogen) atoms. The van der Waals surface area contributed by atoms with Crippen LogP contribution in [0.1, 0.15) is 35.7 Å². The van der Waals surface area contributed by atoms with Crippen molar-refractivity contribution < 1.29 is 14.3 Å². The Hall–Kier alpha value is -1.58. The lowest BCUT2D eigenvalue weighted by atomic mass is 10.0. The predicted octanol–water partition coefficient (Wildman–Crippen LogP) is 2.45. The number of rotatable bonds is 4. The number of benzene rings is 1. The van der Waals surface area contributed by atoms with Gasteiger partial charge < -0.3 is 10.8 Å². The van der Waals surface area contributed by atoms with Crippen molar-refractivity contribution in [1.82, 2.24) is 0 Å². The number of aryl methyl sites for hydroxylation is 1. The van der Waals surface area contributed by atoms with E-state index in [1.54, 1.807) is 0 Å². The third-order valence-corrected chi connectivity index (χ3v) is 2.21. The summed E-state index contributed by atoms with van der Waals surface area (Å²) in [4.78, 5) is 10.6. The first-order chi connectivity index (χ1) is 7.06. The largest absolute Gasteiger partial charge is 0.478 e. The van der Waals surface area contributed by atoms with Crippen LogP contribution in [0.25, 0.3) is 0 Å². The maximum atomic E-state index is 13.3. The molecular weight excluding hydrogens is 197 g/mol. The van der Waals surface area contributed by atoms with Crippen LogP contribution in [0.2, 0.25) is 0 Å². The molecule has 82 valence electrons. The van der Waals surface area contributed by atoms with Gasteiger partial charge in [0.1, 0.15) is 11.4 Å². The molecule has 0 aromatic heterocycles. The van der Waals surface area contributed by atoms with Gasteiger partial charge in [-0.25, -0.2) is 9.18 Å². The van der Waals surface area contributed by atoms with Crippen molar-refractivity contribution >= 4 is 11.7 Å². The molecule has 0 radical (unpaired) electrons. The van der Waals surface area contributed by atoms with Crippen LogP contribution in [0, 0.1) is 5.82 Å². The monoisotopic (exact) mass is 211 g/mol. The summed E-state index contributed by atoms with van der Waals surface area (Å²) < 4.78 is 13.3. The number of anilines is 1. The van der Waals surface area contributed by atoms with Gasteiger partial charge in [-0.05, 0) is 30.5 Å². The molecule has 0 saturated heterocycles. The molecule has 1 aromatic rings. The highest BCUT2D eigenvalue weighted by Crippen LogP contribution is 2.20. The number of aromatic carboxylic acids is 1. The van der Waals surface area contributed by atoms with Crippen LogP contribution in [-0.2, 0) is 6.42 Å². The molecule has 1 rings (SSSR count). The fourth-order valence-electron chi connectivity index (χ4n) is 1.44. The Kier molecular flexibility index (Phi) is 3.66. The zero-order valence-corrected chi connectivity index (χ0v) is 8.59. The van der Waals surface area contributed by atoms with E-state index in [0.29, 0.717) is 0 Å². The van der Waals surface area contributed by atoms with Crippen molar-refractivity contribution in [3.8, 4) is 0 Å². The van der Waals surface area contributed by atoms with Gasteiger partial charge >= 0.3 is 5.97 Å². The highest BCUT2D eigenvalue weighted by molar-refractivity contribution is 5.94. The van der Waals surface area contributed by atoms with Crippen molar-refractivity contribution in [2.24, 2.45) is 0 Å². The van der Waals surface area contributed by atoms with E-state index in [4.69, 9.17) is 10.8 Å². The highest BCUT2D eigenvalue weighted by atomic mass is 19.1. The summed E-state index contributed by atoms with van der Waals surface area (Å²) in [5.74, 6) is -2.08. The number of carboxylic acids is 1. The molecule has 1 aromatic carbocycles. The maximum Gasteiger partial charge on any atom is 0.340 e. The summed E-state index contributed by atoms with van der Waals surface area (Å²) in [5.41, 5.74) is 5.78. The summed E-state index contributed by atoms with van der Waals surface area (Å²) >= 11 is 0. The molecule has 0 aliphatic carbocycles. The van der Waals surface area contributed by atoms with Crippen LogP contribution in [-0.4, -0.2) is 11.1 Å². The summed E-state index contributed by atoms with van der Waals surface area (Å²) in [6.07, 6.45) is 2.66. The second-order valence-electron chi connectivity index (χ2n) is 3.45. The Balaban J connectivity index is 3.03. The lowest BCUT2D eigenvalue weighted by Gasteiger charge is -2.06. The molecule has 0 spiro atoms. The van der Waals surface area contributed by atoms with Crippen LogP contribution in [0.3, 0.4) is 0 Å². The summed E-state index contributed by atoms with van der Waals surface area (Å²) in [5, 5.41) is 8.69. The van der Waals surface area contributed by atoms with Gasteiger partial charge in [0.05, 0.1) is 0 Å². The molecule has 0 bridgehead atoms. The van der Waals surface area contributed by atoms with Gasteiger partial charge in [-0.15, -0.1) is 0 Å². The molecule has 0 fully saturated rings. The molecule has 0 saturated carbocycles. The molecule has 0 atom stereocenters. The fraction of sp³-hybridized carbons (Fsp3) is 0.364. The highest BCUT2D eigenvalue weighted by Gasteiger charge is 2.15. The Morgan fingerprint density at radius 2 is 2.20 bits per heavy atom. The normalized spacial score (nSPS) is 10.3. The molecule has 0 unspecified atom stereocenters. The van der Waals surface area contributed by atoms with Crippen molar-refractivity contribution in [2.45, 2.75) is 26.2 Å². The SMILES string of the molecule is CCCCc1cc(N)c(C(=O)O)c(F)c1. The first-order valence-electron chi connectivity index (χ1n) is 4.87. The van der Waals surface area contributed by atoms with E-state index < -0.39 is 17.3 Å². The number of unbranched alkanes of at least 4 members (excludes halogenated alkanes) is 1. The van der Waals surface area contributed by atoms with Crippen LogP contribution < -0.4 is 5.73 Å². The number of nitrogen functional groups attached to an aromatic ring is 1. The minimum Gasteiger partial charge on any atom is -0.478 e. The Morgan fingerprint density at radius 3 is 2.67 bits per heavy atom. The van der Waals surface area contributed by atoms with E-state index in [9.17, 15) is 9.18 Å². The van der Waals surface area contributed by atoms with E-state index in [-0.39, 0.29) is 5.69 Å². The van der Waals surface area contributed by atoms with Crippen molar-refractivity contribution in [3.63, 3.8) is 0 Å². The molecule has 0 heterocycles. The molecule has 3 N–H and O–H groups in total. The lowest BCUT2D eigenvalue weighted by Crippen LogP contribution is -2.07. The van der Waals surface area contributed by atoms with Gasteiger partial charge in [-0.2, -0.15) is 0 Å². The maximum absolute atomic E-state index is 13.3. The smallest absolute Gasteiger partial charge is 0.340 e. The first kappa shape index (κ1) is 11.5. The number of carboxylic acid groups (broad SMARTS) is 1. The van der Waals surface area contributed by atoms with Gasteiger partial charge in [-0.3, -0.25) is 0 Å². The molecule has 4 heteroatoms. The van der Waals surface area contributed by atoms with Crippen molar-refractivity contribution in [3.05, 3.63) is 29.1 Å². The third-order valence-electron chi connectivity index (χ3n) is 2.21. The quantitative estimate of drug-likeness (QED) is 0.752. The van der Waals surface area contributed by atoms with Crippen LogP contribution in [0.4, 0.5) is 10.1 Å². The predicted molar refractivity (Wildman–Crippen MR) is 56.4 cm³/mol. The number of carbonyl (C=O) groups is 1. The van der Waals surface area contributed by atoms with Gasteiger partial charge in [0.2, 0.25) is 0 Å². The second kappa shape index (κ2) is 4.77. The van der Waals surface area contributed by atoms with Gasteiger partial charge in [0.15, 0.2) is 0 Å². The van der Waals surface area contributed by atoms with Crippen molar-refractivity contribution in [1.29, 1.82) is 0 Å². The van der Waals surface area contributed by atoms with E-state index in [1.807, 2.05) is 6.92 Å². The summed E-state index contributed by atoms with van der Waals surface area (Å²) in [7, 11) is 0. The molecular formula is C11H14FNO2. The van der Waals surface area contributed by atoms with Gasteiger partial charge in [0, 0.05) is 5.69 Å². The van der Waals surface area contributed by atoms with E-state index in [2.05, 4.69) is 0 Å². The molecule has 0 aliphatic heterocycles. The standard InChI is InChI=1S/C11H14FNO2/c1-2-3-4-7-5-8(12)10(11(14)15)9(13)6-7/h5-6H,2-4,13H2,1H3,(H,14,15). The minimum absolute atomic E-state index is 0.00592. The minimum atomic E-state index is -1.33. The number of hydrogen-bond donors (Lipinski definition) is 2. The molecule has 0 aliphatic rings. The Bertz CT molecular complexity index is 354. The number of halogens is 1.